The van der Waals surface area contributed by atoms with Gasteiger partial charge < -0.3 is 9.88 Å². The Bertz CT molecular complexity index is 1080. The molecule has 2 N–H and O–H groups in total. The van der Waals surface area contributed by atoms with E-state index in [2.05, 4.69) is 15.6 Å². The van der Waals surface area contributed by atoms with Gasteiger partial charge in [0.1, 0.15) is 0 Å². The number of rotatable bonds is 6. The number of hydrogen-bond donors (Lipinski definition) is 2. The fourth-order valence-corrected chi connectivity index (χ4v) is 3.85. The average molecular weight is 450 g/mol. The van der Waals surface area contributed by atoms with E-state index in [1.165, 1.54) is 6.07 Å². The molecule has 164 valence electrons. The van der Waals surface area contributed by atoms with Crippen molar-refractivity contribution in [2.45, 2.75) is 37.0 Å². The first-order valence-corrected chi connectivity index (χ1v) is 10.4. The highest BCUT2D eigenvalue weighted by Gasteiger charge is 2.31. The summed E-state index contributed by atoms with van der Waals surface area (Å²) in [6.45, 7) is 4.07. The Hall–Kier alpha value is -3.01. The predicted molar refractivity (Wildman–Crippen MR) is 113 cm³/mol. The van der Waals surface area contributed by atoms with Crippen molar-refractivity contribution < 1.29 is 22.8 Å². The molecule has 1 atom stereocenters. The second-order valence-electron chi connectivity index (χ2n) is 6.78. The molecule has 0 radical (unpaired) electrons. The Labute approximate surface area is 181 Å². The van der Waals surface area contributed by atoms with Crippen molar-refractivity contribution in [1.82, 2.24) is 20.2 Å². The first-order valence-electron chi connectivity index (χ1n) is 9.55. The van der Waals surface area contributed by atoms with E-state index in [4.69, 9.17) is 0 Å². The number of hydrogen-bond acceptors (Lipinski definition) is 4. The van der Waals surface area contributed by atoms with E-state index in [1.807, 2.05) is 30.3 Å². The number of imide groups is 1. The quantitative estimate of drug-likeness (QED) is 0.545. The molecule has 3 rings (SSSR count). The maximum atomic E-state index is 13.1. The van der Waals surface area contributed by atoms with E-state index in [9.17, 15) is 22.8 Å². The van der Waals surface area contributed by atoms with Crippen LogP contribution in [0.2, 0.25) is 0 Å². The SMILES string of the molecule is CCNC(=O)NC(=O)C(C)Sc1nc2cc(C(F)(F)F)ccc2n1Cc1ccccc1. The largest absolute Gasteiger partial charge is 0.416 e. The van der Waals surface area contributed by atoms with Crippen molar-refractivity contribution in [3.63, 3.8) is 0 Å². The van der Waals surface area contributed by atoms with E-state index in [0.29, 0.717) is 23.8 Å². The molecular formula is C21H21F3N4O2S. The molecule has 1 unspecified atom stereocenters. The highest BCUT2D eigenvalue weighted by molar-refractivity contribution is 8.00. The second kappa shape index (κ2) is 9.42. The van der Waals surface area contributed by atoms with Gasteiger partial charge in [-0.15, -0.1) is 0 Å². The smallest absolute Gasteiger partial charge is 0.338 e. The second-order valence-corrected chi connectivity index (χ2v) is 8.08. The summed E-state index contributed by atoms with van der Waals surface area (Å²) in [5.74, 6) is -0.523. The molecule has 31 heavy (non-hydrogen) atoms. The number of amides is 3. The minimum Gasteiger partial charge on any atom is -0.338 e. The topological polar surface area (TPSA) is 76.0 Å². The minimum absolute atomic E-state index is 0.185. The lowest BCUT2D eigenvalue weighted by Gasteiger charge is -2.13. The van der Waals surface area contributed by atoms with E-state index in [1.54, 1.807) is 18.4 Å². The number of thioether (sulfide) groups is 1. The Morgan fingerprint density at radius 3 is 2.52 bits per heavy atom. The number of nitrogens with zero attached hydrogens (tertiary/aromatic N) is 2. The summed E-state index contributed by atoms with van der Waals surface area (Å²) in [6.07, 6.45) is -4.48. The van der Waals surface area contributed by atoms with Crippen LogP contribution in [0, 0.1) is 0 Å². The van der Waals surface area contributed by atoms with E-state index >= 15 is 0 Å². The van der Waals surface area contributed by atoms with Crippen LogP contribution < -0.4 is 10.6 Å². The van der Waals surface area contributed by atoms with Crippen molar-refractivity contribution in [2.75, 3.05) is 6.54 Å². The molecule has 3 amide bonds. The zero-order chi connectivity index (χ0) is 22.6. The fraction of sp³-hybridized carbons (Fsp3) is 0.286. The number of carbonyl (C=O) groups is 2. The molecular weight excluding hydrogens is 429 g/mol. The van der Waals surface area contributed by atoms with Crippen LogP contribution in [0.4, 0.5) is 18.0 Å². The molecule has 10 heteroatoms. The minimum atomic E-state index is -4.48. The number of carbonyl (C=O) groups excluding carboxylic acids is 2. The summed E-state index contributed by atoms with van der Waals surface area (Å²) >= 11 is 1.08. The van der Waals surface area contributed by atoms with Gasteiger partial charge in [-0.2, -0.15) is 13.2 Å². The Balaban J connectivity index is 1.95. The summed E-state index contributed by atoms with van der Waals surface area (Å²) in [5.41, 5.74) is 0.853. The summed E-state index contributed by atoms with van der Waals surface area (Å²) < 4.78 is 41.2. The van der Waals surface area contributed by atoms with Crippen molar-refractivity contribution >= 4 is 34.7 Å². The molecule has 1 aromatic heterocycles. The molecule has 0 bridgehead atoms. The highest BCUT2D eigenvalue weighted by atomic mass is 32.2. The summed E-state index contributed by atoms with van der Waals surface area (Å²) in [7, 11) is 0. The first-order chi connectivity index (χ1) is 14.7. The van der Waals surface area contributed by atoms with Crippen LogP contribution in [0.5, 0.6) is 0 Å². The van der Waals surface area contributed by atoms with Crippen molar-refractivity contribution in [3.8, 4) is 0 Å². The lowest BCUT2D eigenvalue weighted by atomic mass is 10.2. The average Bonchev–Trinajstić information content (AvgIpc) is 3.04. The van der Waals surface area contributed by atoms with Crippen molar-refractivity contribution in [2.24, 2.45) is 0 Å². The third-order valence-electron chi connectivity index (χ3n) is 4.45. The molecule has 0 saturated carbocycles. The number of aromatic nitrogens is 2. The zero-order valence-electron chi connectivity index (χ0n) is 16.9. The van der Waals surface area contributed by atoms with Gasteiger partial charge in [0.15, 0.2) is 5.16 Å². The third kappa shape index (κ3) is 5.57. The monoisotopic (exact) mass is 450 g/mol. The molecule has 3 aromatic rings. The summed E-state index contributed by atoms with van der Waals surface area (Å²) in [5, 5.41) is 4.40. The third-order valence-corrected chi connectivity index (χ3v) is 5.54. The molecule has 1 heterocycles. The van der Waals surface area contributed by atoms with Gasteiger partial charge in [0.25, 0.3) is 0 Å². The number of imidazole rings is 1. The number of alkyl halides is 3. The van der Waals surface area contributed by atoms with Gasteiger partial charge in [-0.05, 0) is 37.6 Å². The van der Waals surface area contributed by atoms with Gasteiger partial charge in [-0.3, -0.25) is 10.1 Å². The van der Waals surface area contributed by atoms with E-state index < -0.39 is 28.9 Å². The Kier molecular flexibility index (Phi) is 6.89. The molecule has 0 aliphatic rings. The predicted octanol–water partition coefficient (Wildman–Crippen LogP) is 4.43. The molecule has 0 fully saturated rings. The zero-order valence-corrected chi connectivity index (χ0v) is 17.7. The maximum Gasteiger partial charge on any atom is 0.416 e. The fourth-order valence-electron chi connectivity index (χ4n) is 2.92. The standard InChI is InChI=1S/C21H21F3N4O2S/c1-3-25-19(30)27-18(29)13(2)31-20-26-16-11-15(21(22,23)24)9-10-17(16)28(20)12-14-7-5-4-6-8-14/h4-11,13H,3,12H2,1-2H3,(H2,25,27,29,30). The number of urea groups is 1. The van der Waals surface area contributed by atoms with Crippen LogP contribution in [-0.2, 0) is 17.5 Å². The van der Waals surface area contributed by atoms with Gasteiger partial charge in [-0.25, -0.2) is 9.78 Å². The summed E-state index contributed by atoms with van der Waals surface area (Å²) in [4.78, 5) is 28.3. The number of nitrogens with one attached hydrogen (secondary N) is 2. The van der Waals surface area contributed by atoms with Gasteiger partial charge in [0.2, 0.25) is 5.91 Å². The van der Waals surface area contributed by atoms with E-state index in [0.717, 1.165) is 29.5 Å². The Morgan fingerprint density at radius 2 is 1.87 bits per heavy atom. The van der Waals surface area contributed by atoms with E-state index in [-0.39, 0.29) is 5.52 Å². The van der Waals surface area contributed by atoms with Gasteiger partial charge in [0.05, 0.1) is 28.4 Å². The maximum absolute atomic E-state index is 13.1. The van der Waals surface area contributed by atoms with Crippen LogP contribution in [0.25, 0.3) is 11.0 Å². The molecule has 6 nitrogen and oxygen atoms in total. The van der Waals surface area contributed by atoms with Gasteiger partial charge in [0, 0.05) is 6.54 Å². The molecule has 2 aromatic carbocycles. The van der Waals surface area contributed by atoms with Crippen LogP contribution in [0.1, 0.15) is 25.0 Å². The van der Waals surface area contributed by atoms with Crippen LogP contribution >= 0.6 is 11.8 Å². The van der Waals surface area contributed by atoms with Crippen LogP contribution in [0.15, 0.2) is 53.7 Å². The van der Waals surface area contributed by atoms with Gasteiger partial charge >= 0.3 is 12.2 Å². The first kappa shape index (κ1) is 22.7. The highest BCUT2D eigenvalue weighted by Crippen LogP contribution is 2.34. The lowest BCUT2D eigenvalue weighted by Crippen LogP contribution is -2.42. The molecule has 0 saturated heterocycles. The molecule has 0 spiro atoms. The Morgan fingerprint density at radius 1 is 1.16 bits per heavy atom. The molecule has 0 aliphatic carbocycles. The van der Waals surface area contributed by atoms with Gasteiger partial charge in [-0.1, -0.05) is 42.1 Å². The van der Waals surface area contributed by atoms with Crippen LogP contribution in [-0.4, -0.2) is 33.3 Å². The molecule has 0 aliphatic heterocycles. The number of halogens is 3. The number of benzene rings is 2. The summed E-state index contributed by atoms with van der Waals surface area (Å²) in [6, 6.07) is 12.2. The normalized spacial score (nSPS) is 12.5. The number of fused-ring (bicyclic) bond motifs is 1. The van der Waals surface area contributed by atoms with Crippen molar-refractivity contribution in [1.29, 1.82) is 0 Å². The van der Waals surface area contributed by atoms with Crippen molar-refractivity contribution in [3.05, 3.63) is 59.7 Å². The lowest BCUT2D eigenvalue weighted by molar-refractivity contribution is -0.137. The van der Waals surface area contributed by atoms with Crippen LogP contribution in [0.3, 0.4) is 0 Å².